The van der Waals surface area contributed by atoms with Crippen molar-refractivity contribution in [2.45, 2.75) is 17.9 Å². The van der Waals surface area contributed by atoms with Gasteiger partial charge in [0.05, 0.1) is 13.7 Å². The van der Waals surface area contributed by atoms with Gasteiger partial charge in [-0.3, -0.25) is 0 Å². The maximum absolute atomic E-state index is 11.9. The molecule has 0 unspecified atom stereocenters. The van der Waals surface area contributed by atoms with Crippen molar-refractivity contribution in [3.05, 3.63) is 18.2 Å². The van der Waals surface area contributed by atoms with E-state index in [1.54, 1.807) is 6.92 Å². The van der Waals surface area contributed by atoms with E-state index < -0.39 is 16.1 Å². The van der Waals surface area contributed by atoms with Crippen LogP contribution in [0.5, 0.6) is 5.75 Å². The quantitative estimate of drug-likeness (QED) is 0.644. The maximum atomic E-state index is 11.9. The molecule has 0 spiro atoms. The largest absolute Gasteiger partial charge is 0.495 e. The van der Waals surface area contributed by atoms with Gasteiger partial charge < -0.3 is 15.6 Å². The highest BCUT2D eigenvalue weighted by atomic mass is 32.2. The fourth-order valence-corrected chi connectivity index (χ4v) is 2.66. The zero-order valence-electron chi connectivity index (χ0n) is 9.67. The average molecular weight is 260 g/mol. The molecule has 0 heterocycles. The van der Waals surface area contributed by atoms with Gasteiger partial charge in [-0.1, -0.05) is 0 Å². The minimum Gasteiger partial charge on any atom is -0.495 e. The van der Waals surface area contributed by atoms with E-state index in [1.165, 1.54) is 25.3 Å². The third kappa shape index (κ3) is 3.32. The molecule has 7 heteroatoms. The van der Waals surface area contributed by atoms with Gasteiger partial charge in [0.25, 0.3) is 0 Å². The van der Waals surface area contributed by atoms with Crippen LogP contribution in [0.4, 0.5) is 5.69 Å². The number of hydrogen-bond acceptors (Lipinski definition) is 5. The van der Waals surface area contributed by atoms with Gasteiger partial charge in [0.15, 0.2) is 0 Å². The van der Waals surface area contributed by atoms with E-state index in [-0.39, 0.29) is 17.3 Å². The molecule has 0 saturated heterocycles. The monoisotopic (exact) mass is 260 g/mol. The summed E-state index contributed by atoms with van der Waals surface area (Å²) in [6.45, 7) is 1.28. The zero-order chi connectivity index (χ0) is 13.1. The number of anilines is 1. The molecule has 0 aliphatic heterocycles. The first kappa shape index (κ1) is 13.8. The van der Waals surface area contributed by atoms with Crippen molar-refractivity contribution in [2.24, 2.45) is 0 Å². The summed E-state index contributed by atoms with van der Waals surface area (Å²) in [6.07, 6.45) is 0. The Morgan fingerprint density at radius 2 is 2.18 bits per heavy atom. The smallest absolute Gasteiger partial charge is 0.244 e. The first-order valence-electron chi connectivity index (χ1n) is 4.97. The predicted octanol–water partition coefficient (Wildman–Crippen LogP) is -0.0635. The standard InChI is InChI=1S/C10H16N2O4S/c1-7(6-13)12-17(14,15)10-4-3-8(11)5-9(10)16-2/h3-5,7,12-13H,6,11H2,1-2H3/t7-/m1/s1. The van der Waals surface area contributed by atoms with Crippen LogP contribution in [0.1, 0.15) is 6.92 Å². The number of nitrogens with two attached hydrogens (primary N) is 1. The molecule has 0 aliphatic rings. The molecule has 0 saturated carbocycles. The van der Waals surface area contributed by atoms with Crippen LogP contribution >= 0.6 is 0 Å². The number of benzene rings is 1. The van der Waals surface area contributed by atoms with Crippen LogP contribution in [-0.2, 0) is 10.0 Å². The van der Waals surface area contributed by atoms with Crippen molar-refractivity contribution >= 4 is 15.7 Å². The number of ether oxygens (including phenoxy) is 1. The van der Waals surface area contributed by atoms with Crippen molar-refractivity contribution in [1.82, 2.24) is 4.72 Å². The van der Waals surface area contributed by atoms with Gasteiger partial charge in [0.1, 0.15) is 10.6 Å². The first-order valence-corrected chi connectivity index (χ1v) is 6.45. The van der Waals surface area contributed by atoms with Crippen molar-refractivity contribution in [2.75, 3.05) is 19.5 Å². The second-order valence-electron chi connectivity index (χ2n) is 3.62. The summed E-state index contributed by atoms with van der Waals surface area (Å²) < 4.78 is 31.2. The Labute approximate surface area is 100 Å². The highest BCUT2D eigenvalue weighted by molar-refractivity contribution is 7.89. The summed E-state index contributed by atoms with van der Waals surface area (Å²) in [4.78, 5) is -0.00509. The molecule has 96 valence electrons. The lowest BCUT2D eigenvalue weighted by Gasteiger charge is -2.14. The average Bonchev–Trinajstić information content (AvgIpc) is 2.27. The number of sulfonamides is 1. The van der Waals surface area contributed by atoms with E-state index in [2.05, 4.69) is 4.72 Å². The summed E-state index contributed by atoms with van der Waals surface area (Å²) in [7, 11) is -2.36. The van der Waals surface area contributed by atoms with E-state index in [4.69, 9.17) is 15.6 Å². The lowest BCUT2D eigenvalue weighted by molar-refractivity contribution is 0.265. The summed E-state index contributed by atoms with van der Waals surface area (Å²) in [5, 5.41) is 8.84. The molecule has 6 nitrogen and oxygen atoms in total. The second-order valence-corrected chi connectivity index (χ2v) is 5.30. The van der Waals surface area contributed by atoms with Crippen LogP contribution in [0.15, 0.2) is 23.1 Å². The predicted molar refractivity (Wildman–Crippen MR) is 64.3 cm³/mol. The molecule has 0 radical (unpaired) electrons. The highest BCUT2D eigenvalue weighted by Crippen LogP contribution is 2.25. The third-order valence-corrected chi connectivity index (χ3v) is 3.74. The normalized spacial score (nSPS) is 13.4. The Balaban J connectivity index is 3.15. The van der Waals surface area contributed by atoms with Crippen LogP contribution in [-0.4, -0.2) is 33.3 Å². The number of aliphatic hydroxyl groups is 1. The molecule has 1 aromatic carbocycles. The van der Waals surface area contributed by atoms with E-state index in [0.717, 1.165) is 0 Å². The highest BCUT2D eigenvalue weighted by Gasteiger charge is 2.21. The third-order valence-electron chi connectivity index (χ3n) is 2.11. The van der Waals surface area contributed by atoms with Crippen molar-refractivity contribution in [3.8, 4) is 5.75 Å². The van der Waals surface area contributed by atoms with Gasteiger partial charge in [-0.15, -0.1) is 0 Å². The lowest BCUT2D eigenvalue weighted by Crippen LogP contribution is -2.35. The summed E-state index contributed by atoms with van der Waals surface area (Å²) in [5.74, 6) is 0.169. The van der Waals surface area contributed by atoms with Crippen LogP contribution in [0, 0.1) is 0 Å². The Morgan fingerprint density at radius 1 is 1.53 bits per heavy atom. The van der Waals surface area contributed by atoms with Crippen molar-refractivity contribution in [1.29, 1.82) is 0 Å². The van der Waals surface area contributed by atoms with Gasteiger partial charge in [0.2, 0.25) is 10.0 Å². The molecule has 0 fully saturated rings. The SMILES string of the molecule is COc1cc(N)ccc1S(=O)(=O)N[C@H](C)CO. The molecule has 4 N–H and O–H groups in total. The molecule has 17 heavy (non-hydrogen) atoms. The van der Waals surface area contributed by atoms with Gasteiger partial charge in [-0.2, -0.15) is 0 Å². The maximum Gasteiger partial charge on any atom is 0.244 e. The molecule has 1 rings (SSSR count). The molecular formula is C10H16N2O4S. The van der Waals surface area contributed by atoms with Gasteiger partial charge >= 0.3 is 0 Å². The van der Waals surface area contributed by atoms with E-state index >= 15 is 0 Å². The fourth-order valence-electron chi connectivity index (χ4n) is 1.27. The number of rotatable bonds is 5. The molecule has 0 amide bonds. The van der Waals surface area contributed by atoms with Gasteiger partial charge in [0, 0.05) is 17.8 Å². The summed E-state index contributed by atoms with van der Waals surface area (Å²) >= 11 is 0. The zero-order valence-corrected chi connectivity index (χ0v) is 10.5. The minimum atomic E-state index is -3.72. The minimum absolute atomic E-state index is 0.00509. The van der Waals surface area contributed by atoms with Gasteiger partial charge in [-0.05, 0) is 19.1 Å². The number of methoxy groups -OCH3 is 1. The second kappa shape index (κ2) is 5.35. The summed E-state index contributed by atoms with van der Waals surface area (Å²) in [5.41, 5.74) is 5.95. The molecule has 0 bridgehead atoms. The number of aliphatic hydroxyl groups excluding tert-OH is 1. The van der Waals surface area contributed by atoms with E-state index in [9.17, 15) is 8.42 Å². The Hall–Kier alpha value is -1.31. The molecular weight excluding hydrogens is 244 g/mol. The Kier molecular flexibility index (Phi) is 4.33. The van der Waals surface area contributed by atoms with E-state index in [0.29, 0.717) is 5.69 Å². The van der Waals surface area contributed by atoms with Crippen LogP contribution in [0.3, 0.4) is 0 Å². The topological polar surface area (TPSA) is 102 Å². The van der Waals surface area contributed by atoms with E-state index in [1.807, 2.05) is 0 Å². The number of nitrogens with one attached hydrogen (secondary N) is 1. The van der Waals surface area contributed by atoms with Crippen molar-refractivity contribution in [3.63, 3.8) is 0 Å². The number of hydrogen-bond donors (Lipinski definition) is 3. The molecule has 0 aliphatic carbocycles. The Morgan fingerprint density at radius 3 is 2.71 bits per heavy atom. The molecule has 0 aromatic heterocycles. The van der Waals surface area contributed by atoms with Gasteiger partial charge in [-0.25, -0.2) is 13.1 Å². The summed E-state index contributed by atoms with van der Waals surface area (Å²) in [6, 6.07) is 3.70. The fraction of sp³-hybridized carbons (Fsp3) is 0.400. The van der Waals surface area contributed by atoms with Crippen LogP contribution in [0.25, 0.3) is 0 Å². The lowest BCUT2D eigenvalue weighted by atomic mass is 10.3. The van der Waals surface area contributed by atoms with Crippen LogP contribution < -0.4 is 15.2 Å². The first-order chi connectivity index (χ1) is 7.90. The molecule has 1 aromatic rings. The number of nitrogen functional groups attached to an aromatic ring is 1. The molecule has 1 atom stereocenters. The van der Waals surface area contributed by atoms with Crippen molar-refractivity contribution < 1.29 is 18.3 Å². The Bertz CT molecular complexity index is 487. The van der Waals surface area contributed by atoms with Crippen LogP contribution in [0.2, 0.25) is 0 Å².